The number of nitrogens with zero attached hydrogens (tertiary/aromatic N) is 1. The largest absolute Gasteiger partial charge is 0.360 e. The lowest BCUT2D eigenvalue weighted by Gasteiger charge is -2.13. The smallest absolute Gasteiger partial charge is 0.243 e. The van der Waals surface area contributed by atoms with Gasteiger partial charge in [0.15, 0.2) is 11.6 Å². The normalized spacial score (nSPS) is 15.5. The van der Waals surface area contributed by atoms with E-state index in [0.717, 1.165) is 12.8 Å². The number of aromatic nitrogens is 1. The Morgan fingerprint density at radius 2 is 1.88 bits per heavy atom. The van der Waals surface area contributed by atoms with Crippen molar-refractivity contribution < 1.29 is 22.5 Å². The Balaban J connectivity index is 1.65. The Morgan fingerprint density at radius 3 is 2.42 bits per heavy atom. The Bertz CT molecular complexity index is 930. The lowest BCUT2D eigenvalue weighted by Crippen LogP contribution is -2.41. The number of aryl methyl sites for hydroxylation is 1. The number of benzene rings is 1. The third kappa shape index (κ3) is 4.17. The van der Waals surface area contributed by atoms with E-state index in [1.165, 1.54) is 37.3 Å². The molecule has 2 aromatic rings. The highest BCUT2D eigenvalue weighted by Crippen LogP contribution is 2.32. The van der Waals surface area contributed by atoms with Gasteiger partial charge in [0.2, 0.25) is 15.9 Å². The third-order valence-electron chi connectivity index (χ3n) is 4.00. The van der Waals surface area contributed by atoms with Gasteiger partial charge in [0.1, 0.15) is 5.76 Å². The van der Waals surface area contributed by atoms with E-state index >= 15 is 0 Å². The fourth-order valence-corrected chi connectivity index (χ4v) is 3.60. The first-order chi connectivity index (χ1) is 12.3. The molecule has 8 nitrogen and oxygen atoms in total. The van der Waals surface area contributed by atoms with Crippen LogP contribution in [0.2, 0.25) is 0 Å². The lowest BCUT2D eigenvalue weighted by molar-refractivity contribution is -0.117. The number of carbonyl (C=O) groups excluding carboxylic acids is 2. The first kappa shape index (κ1) is 18.3. The predicted molar refractivity (Wildman–Crippen MR) is 93.1 cm³/mol. The predicted octanol–water partition coefficient (Wildman–Crippen LogP) is 1.88. The quantitative estimate of drug-likeness (QED) is 0.711. The molecule has 138 valence electrons. The molecule has 1 fully saturated rings. The van der Waals surface area contributed by atoms with Crippen LogP contribution < -0.4 is 10.0 Å². The summed E-state index contributed by atoms with van der Waals surface area (Å²) in [6, 6.07) is 6.22. The van der Waals surface area contributed by atoms with Crippen LogP contribution in [0.4, 0.5) is 5.82 Å². The van der Waals surface area contributed by atoms with Crippen molar-refractivity contribution in [2.24, 2.45) is 5.92 Å². The van der Waals surface area contributed by atoms with Crippen LogP contribution in [0.5, 0.6) is 0 Å². The maximum absolute atomic E-state index is 12.4. The number of amides is 1. The Morgan fingerprint density at radius 1 is 1.23 bits per heavy atom. The SMILES string of the molecule is Cc1cc(NC(=O)C(C)NS(=O)(=O)c2ccc(C(=O)C3CC3)cc2)no1. The second kappa shape index (κ2) is 7.00. The van der Waals surface area contributed by atoms with Gasteiger partial charge in [-0.1, -0.05) is 17.3 Å². The number of sulfonamides is 1. The van der Waals surface area contributed by atoms with Crippen LogP contribution in [0.25, 0.3) is 0 Å². The van der Waals surface area contributed by atoms with Gasteiger partial charge in [-0.05, 0) is 38.8 Å². The van der Waals surface area contributed by atoms with Crippen molar-refractivity contribution in [1.82, 2.24) is 9.88 Å². The van der Waals surface area contributed by atoms with E-state index in [1.807, 2.05) is 0 Å². The van der Waals surface area contributed by atoms with Crippen LogP contribution in [-0.4, -0.2) is 31.3 Å². The molecule has 9 heteroatoms. The minimum atomic E-state index is -3.90. The maximum atomic E-state index is 12.4. The summed E-state index contributed by atoms with van der Waals surface area (Å²) in [7, 11) is -3.90. The van der Waals surface area contributed by atoms with Crippen LogP contribution in [0.3, 0.4) is 0 Å². The standard InChI is InChI=1S/C17H19N3O5S/c1-10-9-15(19-25-10)18-17(22)11(2)20-26(23,24)14-7-5-13(6-8-14)16(21)12-3-4-12/h5-9,11-12,20H,3-4H2,1-2H3,(H,18,19,22). The molecule has 1 aliphatic carbocycles. The van der Waals surface area contributed by atoms with Gasteiger partial charge in [-0.2, -0.15) is 4.72 Å². The van der Waals surface area contributed by atoms with Crippen LogP contribution in [0.1, 0.15) is 35.9 Å². The van der Waals surface area contributed by atoms with Crippen molar-refractivity contribution in [3.8, 4) is 0 Å². The number of hydrogen-bond donors (Lipinski definition) is 2. The summed E-state index contributed by atoms with van der Waals surface area (Å²) in [4.78, 5) is 24.1. The Hall–Kier alpha value is -2.52. The topological polar surface area (TPSA) is 118 Å². The maximum Gasteiger partial charge on any atom is 0.243 e. The molecule has 0 radical (unpaired) electrons. The molecule has 1 aromatic heterocycles. The second-order valence-electron chi connectivity index (χ2n) is 6.32. The number of anilines is 1. The van der Waals surface area contributed by atoms with E-state index in [9.17, 15) is 18.0 Å². The molecule has 1 aliphatic rings. The summed E-state index contributed by atoms with van der Waals surface area (Å²) in [5.41, 5.74) is 0.499. The zero-order valence-corrected chi connectivity index (χ0v) is 15.2. The van der Waals surface area contributed by atoms with Crippen LogP contribution >= 0.6 is 0 Å². The van der Waals surface area contributed by atoms with Crippen molar-refractivity contribution in [2.75, 3.05) is 5.32 Å². The van der Waals surface area contributed by atoms with E-state index in [4.69, 9.17) is 4.52 Å². The molecule has 0 spiro atoms. The fourth-order valence-electron chi connectivity index (χ4n) is 2.39. The fraction of sp³-hybridized carbons (Fsp3) is 0.353. The molecule has 1 heterocycles. The van der Waals surface area contributed by atoms with Gasteiger partial charge in [0.25, 0.3) is 0 Å². The molecule has 1 saturated carbocycles. The molecule has 0 saturated heterocycles. The highest BCUT2D eigenvalue weighted by atomic mass is 32.2. The summed E-state index contributed by atoms with van der Waals surface area (Å²) < 4.78 is 32.0. The molecule has 0 bridgehead atoms. The molecule has 2 N–H and O–H groups in total. The van der Waals surface area contributed by atoms with Crippen molar-refractivity contribution >= 4 is 27.5 Å². The summed E-state index contributed by atoms with van der Waals surface area (Å²) >= 11 is 0. The highest BCUT2D eigenvalue weighted by Gasteiger charge is 2.30. The molecule has 1 amide bonds. The van der Waals surface area contributed by atoms with E-state index in [-0.39, 0.29) is 22.4 Å². The molecule has 0 aliphatic heterocycles. The molecule has 26 heavy (non-hydrogen) atoms. The Kier molecular flexibility index (Phi) is 4.92. The second-order valence-corrected chi connectivity index (χ2v) is 8.03. The van der Waals surface area contributed by atoms with E-state index in [1.54, 1.807) is 6.92 Å². The zero-order chi connectivity index (χ0) is 18.9. The minimum absolute atomic E-state index is 0.0122. The third-order valence-corrected chi connectivity index (χ3v) is 5.56. The zero-order valence-electron chi connectivity index (χ0n) is 14.4. The number of Topliss-reactive ketones (excluding diaryl/α,β-unsaturated/α-hetero) is 1. The van der Waals surface area contributed by atoms with Crippen molar-refractivity contribution in [2.45, 2.75) is 37.6 Å². The lowest BCUT2D eigenvalue weighted by atomic mass is 10.1. The summed E-state index contributed by atoms with van der Waals surface area (Å²) in [6.07, 6.45) is 1.77. The molecule has 3 rings (SSSR count). The van der Waals surface area contributed by atoms with Gasteiger partial charge in [-0.3, -0.25) is 9.59 Å². The molecular weight excluding hydrogens is 358 g/mol. The monoisotopic (exact) mass is 377 g/mol. The molecule has 1 aromatic carbocycles. The summed E-state index contributed by atoms with van der Waals surface area (Å²) in [5, 5.41) is 6.09. The molecule has 1 atom stereocenters. The van der Waals surface area contributed by atoms with E-state index < -0.39 is 22.0 Å². The summed E-state index contributed by atoms with van der Waals surface area (Å²) in [5.74, 6) is 0.273. The number of rotatable bonds is 7. The number of carbonyl (C=O) groups is 2. The Labute approximate surface area is 151 Å². The van der Waals surface area contributed by atoms with Gasteiger partial charge in [0, 0.05) is 17.5 Å². The van der Waals surface area contributed by atoms with Crippen LogP contribution in [0, 0.1) is 12.8 Å². The van der Waals surface area contributed by atoms with Crippen molar-refractivity contribution in [1.29, 1.82) is 0 Å². The van der Waals surface area contributed by atoms with Gasteiger partial charge in [-0.15, -0.1) is 0 Å². The number of hydrogen-bond acceptors (Lipinski definition) is 6. The van der Waals surface area contributed by atoms with Gasteiger partial charge < -0.3 is 9.84 Å². The molecular formula is C17H19N3O5S. The number of ketones is 1. The van der Waals surface area contributed by atoms with Gasteiger partial charge >= 0.3 is 0 Å². The number of nitrogens with one attached hydrogen (secondary N) is 2. The highest BCUT2D eigenvalue weighted by molar-refractivity contribution is 7.89. The van der Waals surface area contributed by atoms with Gasteiger partial charge in [-0.25, -0.2) is 8.42 Å². The average molecular weight is 377 g/mol. The van der Waals surface area contributed by atoms with Crippen molar-refractivity contribution in [3.05, 3.63) is 41.7 Å². The van der Waals surface area contributed by atoms with Crippen molar-refractivity contribution in [3.63, 3.8) is 0 Å². The average Bonchev–Trinajstić information content (AvgIpc) is 3.37. The summed E-state index contributed by atoms with van der Waals surface area (Å²) in [6.45, 7) is 3.09. The molecule has 1 unspecified atom stereocenters. The van der Waals surface area contributed by atoms with Gasteiger partial charge in [0.05, 0.1) is 10.9 Å². The van der Waals surface area contributed by atoms with Crippen LogP contribution in [-0.2, 0) is 14.8 Å². The van der Waals surface area contributed by atoms with E-state index in [2.05, 4.69) is 15.2 Å². The first-order valence-corrected chi connectivity index (χ1v) is 9.65. The van der Waals surface area contributed by atoms with E-state index in [0.29, 0.717) is 11.3 Å². The minimum Gasteiger partial charge on any atom is -0.360 e. The first-order valence-electron chi connectivity index (χ1n) is 8.17. The van der Waals surface area contributed by atoms with Crippen LogP contribution in [0.15, 0.2) is 39.8 Å².